The first-order chi connectivity index (χ1) is 10.0. The van der Waals surface area contributed by atoms with Crippen LogP contribution >= 0.6 is 11.3 Å². The highest BCUT2D eigenvalue weighted by Gasteiger charge is 2.20. The lowest BCUT2D eigenvalue weighted by Gasteiger charge is -2.26. The fourth-order valence-electron chi connectivity index (χ4n) is 2.90. The van der Waals surface area contributed by atoms with Gasteiger partial charge in [0.05, 0.1) is 11.5 Å². The van der Waals surface area contributed by atoms with Gasteiger partial charge in [-0.05, 0) is 45.1 Å². The number of nitrogens with two attached hydrogens (primary N) is 1. The maximum atomic E-state index is 12.2. The van der Waals surface area contributed by atoms with Crippen LogP contribution in [0, 0.1) is 13.8 Å². The summed E-state index contributed by atoms with van der Waals surface area (Å²) in [5.74, 6) is 0.605. The number of nitrogens with zero attached hydrogens (tertiary/aromatic N) is 1. The molecule has 2 unspecified atom stereocenters. The molecule has 21 heavy (non-hydrogen) atoms. The monoisotopic (exact) mass is 307 g/mol. The Kier molecular flexibility index (Phi) is 4.10. The van der Waals surface area contributed by atoms with E-state index in [1.807, 2.05) is 13.8 Å². The van der Waals surface area contributed by atoms with Gasteiger partial charge >= 0.3 is 0 Å². The third-order valence-corrected chi connectivity index (χ3v) is 5.31. The van der Waals surface area contributed by atoms with Crippen LogP contribution in [-0.2, 0) is 11.3 Å². The highest BCUT2D eigenvalue weighted by molar-refractivity contribution is 7.18. The Hall–Kier alpha value is -1.24. The Morgan fingerprint density at radius 1 is 1.43 bits per heavy atom. The molecule has 0 radical (unpaired) electrons. The first kappa shape index (κ1) is 14.7. The van der Waals surface area contributed by atoms with E-state index in [4.69, 9.17) is 10.5 Å². The van der Waals surface area contributed by atoms with E-state index in [0.29, 0.717) is 17.8 Å². The van der Waals surface area contributed by atoms with Crippen LogP contribution in [0.1, 0.15) is 41.9 Å². The maximum Gasteiger partial charge on any atom is 0.259 e. The normalized spacial score (nSPS) is 22.8. The molecule has 6 heteroatoms. The number of rotatable bonds is 3. The number of aromatic amines is 1. The largest absolute Gasteiger partial charge is 0.370 e. The molecule has 2 atom stereocenters. The average Bonchev–Trinajstić information content (AvgIpc) is 2.72. The molecule has 1 fully saturated rings. The minimum absolute atomic E-state index is 0.0687. The number of H-pyrrole nitrogens is 1. The van der Waals surface area contributed by atoms with Crippen molar-refractivity contribution in [1.82, 2.24) is 9.97 Å². The number of hydrogen-bond donors (Lipinski definition) is 2. The van der Waals surface area contributed by atoms with E-state index >= 15 is 0 Å². The van der Waals surface area contributed by atoms with Crippen LogP contribution in [0.5, 0.6) is 0 Å². The van der Waals surface area contributed by atoms with Crippen molar-refractivity contribution >= 4 is 21.6 Å². The van der Waals surface area contributed by atoms with Crippen molar-refractivity contribution in [3.63, 3.8) is 0 Å². The van der Waals surface area contributed by atoms with Gasteiger partial charge in [0, 0.05) is 10.9 Å². The van der Waals surface area contributed by atoms with Crippen molar-refractivity contribution in [3.8, 4) is 0 Å². The number of fused-ring (bicyclic) bond motifs is 1. The van der Waals surface area contributed by atoms with Crippen LogP contribution < -0.4 is 11.3 Å². The van der Waals surface area contributed by atoms with Gasteiger partial charge in [0.25, 0.3) is 5.56 Å². The molecule has 114 valence electrons. The molecule has 0 aliphatic heterocycles. The SMILES string of the molecule is Cc1sc2nc(COC3CCCC(N)C3)[nH]c(=O)c2c1C. The van der Waals surface area contributed by atoms with Crippen LogP contribution in [0.15, 0.2) is 4.79 Å². The van der Waals surface area contributed by atoms with Crippen molar-refractivity contribution in [3.05, 3.63) is 26.6 Å². The van der Waals surface area contributed by atoms with Gasteiger partial charge in [-0.15, -0.1) is 11.3 Å². The van der Waals surface area contributed by atoms with Crippen molar-refractivity contribution < 1.29 is 4.74 Å². The molecule has 2 heterocycles. The van der Waals surface area contributed by atoms with Gasteiger partial charge in [-0.25, -0.2) is 4.98 Å². The first-order valence-electron chi connectivity index (χ1n) is 7.40. The Balaban J connectivity index is 1.77. The molecule has 3 N–H and O–H groups in total. The molecule has 1 aliphatic carbocycles. The van der Waals surface area contributed by atoms with E-state index in [1.165, 1.54) is 0 Å². The molecular weight excluding hydrogens is 286 g/mol. The van der Waals surface area contributed by atoms with Gasteiger partial charge in [-0.3, -0.25) is 4.79 Å². The standard InChI is InChI=1S/C15H21N3O2S/c1-8-9(2)21-15-13(8)14(19)17-12(18-15)7-20-11-5-3-4-10(16)6-11/h10-11H,3-7,16H2,1-2H3,(H,17,18,19). The zero-order valence-corrected chi connectivity index (χ0v) is 13.3. The van der Waals surface area contributed by atoms with Crippen LogP contribution in [0.25, 0.3) is 10.2 Å². The molecule has 0 bridgehead atoms. The summed E-state index contributed by atoms with van der Waals surface area (Å²) < 4.78 is 5.87. The lowest BCUT2D eigenvalue weighted by Crippen LogP contribution is -2.32. The van der Waals surface area contributed by atoms with E-state index in [1.54, 1.807) is 11.3 Å². The van der Waals surface area contributed by atoms with Gasteiger partial charge in [-0.2, -0.15) is 0 Å². The summed E-state index contributed by atoms with van der Waals surface area (Å²) in [6, 6.07) is 0.237. The van der Waals surface area contributed by atoms with Gasteiger partial charge in [0.1, 0.15) is 17.3 Å². The van der Waals surface area contributed by atoms with Crippen molar-refractivity contribution in [1.29, 1.82) is 0 Å². The lowest BCUT2D eigenvalue weighted by molar-refractivity contribution is 0.00908. The zero-order valence-electron chi connectivity index (χ0n) is 12.4. The van der Waals surface area contributed by atoms with Gasteiger partial charge in [0.2, 0.25) is 0 Å². The van der Waals surface area contributed by atoms with Crippen LogP contribution in [-0.4, -0.2) is 22.1 Å². The van der Waals surface area contributed by atoms with Gasteiger partial charge < -0.3 is 15.5 Å². The summed E-state index contributed by atoms with van der Waals surface area (Å²) in [6.45, 7) is 4.32. The van der Waals surface area contributed by atoms with Gasteiger partial charge in [-0.1, -0.05) is 0 Å². The van der Waals surface area contributed by atoms with Gasteiger partial charge in [0.15, 0.2) is 0 Å². The zero-order chi connectivity index (χ0) is 15.0. The topological polar surface area (TPSA) is 81.0 Å². The highest BCUT2D eigenvalue weighted by atomic mass is 32.1. The Morgan fingerprint density at radius 3 is 3.00 bits per heavy atom. The summed E-state index contributed by atoms with van der Waals surface area (Å²) in [6.07, 6.45) is 4.30. The van der Waals surface area contributed by atoms with Crippen LogP contribution in [0.2, 0.25) is 0 Å². The van der Waals surface area contributed by atoms with E-state index in [2.05, 4.69) is 9.97 Å². The van der Waals surface area contributed by atoms with E-state index in [9.17, 15) is 4.79 Å². The summed E-state index contributed by atoms with van der Waals surface area (Å²) >= 11 is 1.56. The Labute approximate surface area is 127 Å². The highest BCUT2D eigenvalue weighted by Crippen LogP contribution is 2.26. The number of hydrogen-bond acceptors (Lipinski definition) is 5. The fraction of sp³-hybridized carbons (Fsp3) is 0.600. The lowest BCUT2D eigenvalue weighted by atomic mass is 9.94. The fourth-order valence-corrected chi connectivity index (χ4v) is 3.95. The number of aryl methyl sites for hydroxylation is 2. The number of ether oxygens (including phenoxy) is 1. The van der Waals surface area contributed by atoms with Crippen molar-refractivity contribution in [2.75, 3.05) is 0 Å². The molecular formula is C15H21N3O2S. The molecule has 0 amide bonds. The molecule has 0 aromatic carbocycles. The second-order valence-corrected chi connectivity index (χ2v) is 7.04. The number of nitrogens with one attached hydrogen (secondary N) is 1. The molecule has 0 saturated heterocycles. The second kappa shape index (κ2) is 5.87. The Bertz CT molecular complexity index is 707. The van der Waals surface area contributed by atoms with Crippen molar-refractivity contribution in [2.45, 2.75) is 58.3 Å². The Morgan fingerprint density at radius 2 is 2.24 bits per heavy atom. The third kappa shape index (κ3) is 3.02. The molecule has 5 nitrogen and oxygen atoms in total. The summed E-state index contributed by atoms with van der Waals surface area (Å²) in [4.78, 5) is 21.5. The molecule has 0 spiro atoms. The smallest absolute Gasteiger partial charge is 0.259 e. The van der Waals surface area contributed by atoms with E-state index in [-0.39, 0.29) is 17.7 Å². The van der Waals surface area contributed by atoms with E-state index in [0.717, 1.165) is 41.0 Å². The van der Waals surface area contributed by atoms with E-state index < -0.39 is 0 Å². The first-order valence-corrected chi connectivity index (χ1v) is 8.22. The molecule has 2 aromatic rings. The minimum Gasteiger partial charge on any atom is -0.370 e. The molecule has 1 aliphatic rings. The van der Waals surface area contributed by atoms with Crippen molar-refractivity contribution in [2.24, 2.45) is 5.73 Å². The summed E-state index contributed by atoms with van der Waals surface area (Å²) in [7, 11) is 0. The average molecular weight is 307 g/mol. The predicted molar refractivity (Wildman–Crippen MR) is 84.7 cm³/mol. The summed E-state index contributed by atoms with van der Waals surface area (Å²) in [5, 5.41) is 0.709. The quantitative estimate of drug-likeness (QED) is 0.912. The molecule has 1 saturated carbocycles. The third-order valence-electron chi connectivity index (χ3n) is 4.21. The summed E-state index contributed by atoms with van der Waals surface area (Å²) in [5.41, 5.74) is 6.91. The minimum atomic E-state index is -0.0687. The second-order valence-electron chi connectivity index (χ2n) is 5.84. The number of thiophene rings is 1. The molecule has 3 rings (SSSR count). The maximum absolute atomic E-state index is 12.2. The van der Waals surface area contributed by atoms with Crippen LogP contribution in [0.3, 0.4) is 0 Å². The molecule has 2 aromatic heterocycles. The van der Waals surface area contributed by atoms with Crippen LogP contribution in [0.4, 0.5) is 0 Å². The predicted octanol–water partition coefficient (Wildman–Crippen LogP) is 2.39. The number of aromatic nitrogens is 2.